The summed E-state index contributed by atoms with van der Waals surface area (Å²) in [6.07, 6.45) is 1.01. The van der Waals surface area contributed by atoms with Crippen molar-refractivity contribution in [1.29, 1.82) is 0 Å². The SMILES string of the molecule is CCOC(=O)[C@@]1(C2CCCC2=O)/C(=C(\O)c2ccccc2)C(=O)C(=O)N1c1ccccc1. The Morgan fingerprint density at radius 3 is 2.25 bits per heavy atom. The molecule has 1 saturated heterocycles. The molecule has 2 aliphatic rings. The number of aliphatic hydroxyl groups is 1. The number of carbonyl (C=O) groups excluding carboxylic acids is 4. The third kappa shape index (κ3) is 3.12. The predicted molar refractivity (Wildman–Crippen MR) is 117 cm³/mol. The van der Waals surface area contributed by atoms with Gasteiger partial charge in [-0.25, -0.2) is 4.79 Å². The molecule has 0 aromatic heterocycles. The molecule has 1 aliphatic heterocycles. The molecular formula is C25H23NO6. The van der Waals surface area contributed by atoms with E-state index in [1.54, 1.807) is 67.6 Å². The van der Waals surface area contributed by atoms with Crippen molar-refractivity contribution >= 4 is 34.9 Å². The van der Waals surface area contributed by atoms with Gasteiger partial charge in [0, 0.05) is 17.7 Å². The smallest absolute Gasteiger partial charge is 0.338 e. The molecule has 1 amide bonds. The number of nitrogens with zero attached hydrogens (tertiary/aromatic N) is 1. The van der Waals surface area contributed by atoms with Gasteiger partial charge in [0.25, 0.3) is 5.78 Å². The molecule has 0 spiro atoms. The number of benzene rings is 2. The van der Waals surface area contributed by atoms with Crippen molar-refractivity contribution in [2.45, 2.75) is 31.7 Å². The number of amides is 1. The summed E-state index contributed by atoms with van der Waals surface area (Å²) >= 11 is 0. The second-order valence-corrected chi connectivity index (χ2v) is 7.79. The number of para-hydroxylation sites is 1. The Hall–Kier alpha value is -3.74. The molecule has 1 unspecified atom stereocenters. The number of hydrogen-bond acceptors (Lipinski definition) is 6. The molecule has 2 fully saturated rings. The highest BCUT2D eigenvalue weighted by Crippen LogP contribution is 2.49. The summed E-state index contributed by atoms with van der Waals surface area (Å²) in [5.41, 5.74) is -1.96. The maximum atomic E-state index is 13.7. The Bertz CT molecular complexity index is 1110. The summed E-state index contributed by atoms with van der Waals surface area (Å²) in [4.78, 5) is 54.4. The Morgan fingerprint density at radius 1 is 1.06 bits per heavy atom. The highest BCUT2D eigenvalue weighted by atomic mass is 16.5. The fourth-order valence-electron chi connectivity index (χ4n) is 4.74. The van der Waals surface area contributed by atoms with Crippen molar-refractivity contribution in [2.24, 2.45) is 5.92 Å². The van der Waals surface area contributed by atoms with Gasteiger partial charge in [-0.1, -0.05) is 48.5 Å². The third-order valence-corrected chi connectivity index (χ3v) is 6.05. The fraction of sp³-hybridized carbons (Fsp3) is 0.280. The summed E-state index contributed by atoms with van der Waals surface area (Å²) in [7, 11) is 0. The van der Waals surface area contributed by atoms with Crippen LogP contribution in [-0.2, 0) is 23.9 Å². The lowest BCUT2D eigenvalue weighted by atomic mass is 9.74. The first-order chi connectivity index (χ1) is 15.4. The molecule has 164 valence electrons. The van der Waals surface area contributed by atoms with E-state index in [9.17, 15) is 24.3 Å². The zero-order valence-electron chi connectivity index (χ0n) is 17.6. The van der Waals surface area contributed by atoms with E-state index in [2.05, 4.69) is 0 Å². The Labute approximate surface area is 185 Å². The van der Waals surface area contributed by atoms with Crippen molar-refractivity contribution in [3.8, 4) is 0 Å². The molecule has 1 N–H and O–H groups in total. The zero-order valence-corrected chi connectivity index (χ0v) is 17.6. The Balaban J connectivity index is 2.10. The van der Waals surface area contributed by atoms with Gasteiger partial charge in [-0.15, -0.1) is 0 Å². The molecule has 2 atom stereocenters. The highest BCUT2D eigenvalue weighted by Gasteiger charge is 2.68. The van der Waals surface area contributed by atoms with Gasteiger partial charge in [-0.05, 0) is 31.9 Å². The number of ketones is 2. The van der Waals surface area contributed by atoms with Crippen molar-refractivity contribution in [3.63, 3.8) is 0 Å². The van der Waals surface area contributed by atoms with Crippen molar-refractivity contribution in [1.82, 2.24) is 0 Å². The molecule has 2 aromatic rings. The summed E-state index contributed by atoms with van der Waals surface area (Å²) in [6, 6.07) is 16.4. The van der Waals surface area contributed by atoms with Crippen LogP contribution >= 0.6 is 0 Å². The second kappa shape index (κ2) is 8.42. The van der Waals surface area contributed by atoms with Crippen molar-refractivity contribution in [2.75, 3.05) is 11.5 Å². The lowest BCUT2D eigenvalue weighted by molar-refractivity contribution is -0.152. The minimum Gasteiger partial charge on any atom is -0.507 e. The summed E-state index contributed by atoms with van der Waals surface area (Å²) in [5.74, 6) is -4.68. The second-order valence-electron chi connectivity index (χ2n) is 7.79. The van der Waals surface area contributed by atoms with Crippen LogP contribution in [0.2, 0.25) is 0 Å². The highest BCUT2D eigenvalue weighted by molar-refractivity contribution is 6.54. The van der Waals surface area contributed by atoms with Crippen LogP contribution in [0.5, 0.6) is 0 Å². The third-order valence-electron chi connectivity index (χ3n) is 6.05. The van der Waals surface area contributed by atoms with Gasteiger partial charge in [0.2, 0.25) is 0 Å². The van der Waals surface area contributed by atoms with Gasteiger partial charge in [-0.3, -0.25) is 19.3 Å². The van der Waals surface area contributed by atoms with Gasteiger partial charge in [-0.2, -0.15) is 0 Å². The van der Waals surface area contributed by atoms with Crippen LogP contribution in [0.25, 0.3) is 5.76 Å². The van der Waals surface area contributed by atoms with E-state index in [0.717, 1.165) is 4.90 Å². The van der Waals surface area contributed by atoms with Crippen LogP contribution in [0.1, 0.15) is 31.7 Å². The lowest BCUT2D eigenvalue weighted by Crippen LogP contribution is -2.60. The van der Waals surface area contributed by atoms with Crippen LogP contribution in [0.4, 0.5) is 5.69 Å². The first kappa shape index (κ1) is 21.5. The largest absolute Gasteiger partial charge is 0.507 e. The number of carbonyl (C=O) groups is 4. The normalized spacial score (nSPS) is 24.7. The first-order valence-corrected chi connectivity index (χ1v) is 10.6. The Morgan fingerprint density at radius 2 is 1.69 bits per heavy atom. The van der Waals surface area contributed by atoms with Gasteiger partial charge in [0.1, 0.15) is 11.5 Å². The van der Waals surface area contributed by atoms with Crippen LogP contribution < -0.4 is 4.90 Å². The standard InChI is InChI=1S/C25H23NO6/c1-2-32-24(31)25(18-14-9-15-19(18)27)20(21(28)16-10-5-3-6-11-16)22(29)23(30)26(25)17-12-7-4-8-13-17/h3-8,10-13,18,28H,2,9,14-15H2,1H3/b21-20-/t18?,25-/m1/s1. The molecular weight excluding hydrogens is 410 g/mol. The van der Waals surface area contributed by atoms with Crippen LogP contribution in [0, 0.1) is 5.92 Å². The van der Waals surface area contributed by atoms with E-state index in [0.29, 0.717) is 6.42 Å². The van der Waals surface area contributed by atoms with E-state index in [-0.39, 0.29) is 36.5 Å². The average Bonchev–Trinajstić information content (AvgIpc) is 3.34. The summed E-state index contributed by atoms with van der Waals surface area (Å²) in [6.45, 7) is 1.58. The van der Waals surface area contributed by atoms with Crippen LogP contribution in [-0.4, -0.2) is 40.7 Å². The fourth-order valence-corrected chi connectivity index (χ4v) is 4.74. The molecule has 0 bridgehead atoms. The number of ether oxygens (including phenoxy) is 1. The maximum absolute atomic E-state index is 13.7. The molecule has 2 aromatic carbocycles. The molecule has 4 rings (SSSR count). The lowest BCUT2D eigenvalue weighted by Gasteiger charge is -2.40. The van der Waals surface area contributed by atoms with Gasteiger partial charge in [0.15, 0.2) is 5.54 Å². The average molecular weight is 433 g/mol. The quantitative estimate of drug-likeness (QED) is 0.336. The predicted octanol–water partition coefficient (Wildman–Crippen LogP) is 3.24. The van der Waals surface area contributed by atoms with Crippen molar-refractivity contribution in [3.05, 3.63) is 71.8 Å². The molecule has 0 radical (unpaired) electrons. The summed E-state index contributed by atoms with van der Waals surface area (Å²) < 4.78 is 5.37. The zero-order chi connectivity index (χ0) is 22.9. The van der Waals surface area contributed by atoms with Crippen molar-refractivity contribution < 1.29 is 29.0 Å². The molecule has 1 saturated carbocycles. The van der Waals surface area contributed by atoms with Gasteiger partial charge >= 0.3 is 11.9 Å². The number of esters is 1. The maximum Gasteiger partial charge on any atom is 0.338 e. The van der Waals surface area contributed by atoms with E-state index in [4.69, 9.17) is 4.74 Å². The molecule has 7 nitrogen and oxygen atoms in total. The molecule has 1 aliphatic carbocycles. The number of anilines is 1. The number of Topliss-reactive ketones (excluding diaryl/α,β-unsaturated/α-hetero) is 2. The first-order valence-electron chi connectivity index (χ1n) is 10.6. The van der Waals surface area contributed by atoms with Gasteiger partial charge in [0.05, 0.1) is 18.1 Å². The number of aliphatic hydroxyl groups excluding tert-OH is 1. The van der Waals surface area contributed by atoms with E-state index in [1.807, 2.05) is 0 Å². The monoisotopic (exact) mass is 433 g/mol. The molecule has 7 heteroatoms. The topological polar surface area (TPSA) is 101 Å². The van der Waals surface area contributed by atoms with E-state index < -0.39 is 40.4 Å². The van der Waals surface area contributed by atoms with Gasteiger partial charge < -0.3 is 9.84 Å². The molecule has 1 heterocycles. The Kier molecular flexibility index (Phi) is 5.65. The summed E-state index contributed by atoms with van der Waals surface area (Å²) in [5, 5.41) is 11.2. The minimum absolute atomic E-state index is 0.0219. The minimum atomic E-state index is -2.08. The number of rotatable bonds is 5. The molecule has 32 heavy (non-hydrogen) atoms. The van der Waals surface area contributed by atoms with E-state index in [1.165, 1.54) is 0 Å². The number of hydrogen-bond donors (Lipinski definition) is 1. The van der Waals surface area contributed by atoms with E-state index >= 15 is 0 Å². The van der Waals surface area contributed by atoms with Crippen LogP contribution in [0.3, 0.4) is 0 Å². The van der Waals surface area contributed by atoms with Crippen LogP contribution in [0.15, 0.2) is 66.2 Å².